The number of phenols is 1. The number of Topliss-reactive ketones (excluding diaryl/α,β-unsaturated/α-hetero) is 2. The molecule has 39 heteroatoms. The van der Waals surface area contributed by atoms with E-state index in [9.17, 15) is 123 Å². The second-order valence-corrected chi connectivity index (χ2v) is 28.6. The fourth-order valence-electron chi connectivity index (χ4n) is 13.3. The van der Waals surface area contributed by atoms with Crippen LogP contribution in [0.25, 0.3) is 0 Å². The van der Waals surface area contributed by atoms with Crippen molar-refractivity contribution < 1.29 is 123 Å². The van der Waals surface area contributed by atoms with Crippen LogP contribution in [-0.2, 0) is 96.2 Å². The van der Waals surface area contributed by atoms with Gasteiger partial charge in [0.15, 0.2) is 5.78 Å². The van der Waals surface area contributed by atoms with Crippen LogP contribution in [0, 0.1) is 17.8 Å². The van der Waals surface area contributed by atoms with Gasteiger partial charge in [0.1, 0.15) is 29.7 Å². The molecule has 628 valence electrons. The number of nitrogens with zero attached hydrogens (tertiary/aromatic N) is 8. The summed E-state index contributed by atoms with van der Waals surface area (Å²) < 4.78 is 0. The number of amides is 6. The molecule has 113 heavy (non-hydrogen) atoms. The Morgan fingerprint density at radius 2 is 0.779 bits per heavy atom. The zero-order valence-electron chi connectivity index (χ0n) is 64.3. The van der Waals surface area contributed by atoms with E-state index in [-0.39, 0.29) is 174 Å². The van der Waals surface area contributed by atoms with E-state index in [1.165, 1.54) is 58.3 Å². The van der Waals surface area contributed by atoms with Gasteiger partial charge in [0.25, 0.3) is 0 Å². The maximum absolute atomic E-state index is 14.3. The number of aliphatic carboxylic acids is 8. The van der Waals surface area contributed by atoms with Gasteiger partial charge >= 0.3 is 47.8 Å². The van der Waals surface area contributed by atoms with Gasteiger partial charge in [-0.05, 0) is 73.8 Å². The Kier molecular flexibility index (Phi) is 42.2. The van der Waals surface area contributed by atoms with E-state index in [2.05, 4.69) is 26.6 Å². The topological polar surface area (TPSA) is 567 Å². The van der Waals surface area contributed by atoms with Gasteiger partial charge in [-0.3, -0.25) is 111 Å². The first-order chi connectivity index (χ1) is 53.5. The third-order valence-corrected chi connectivity index (χ3v) is 19.7. The molecule has 39 nitrogen and oxygen atoms in total. The lowest BCUT2D eigenvalue weighted by Gasteiger charge is -2.35. The van der Waals surface area contributed by atoms with E-state index in [0.717, 1.165) is 0 Å². The molecule has 2 aliphatic heterocycles. The highest BCUT2D eigenvalue weighted by Crippen LogP contribution is 2.23. The van der Waals surface area contributed by atoms with Crippen molar-refractivity contribution >= 4 is 94.8 Å². The molecular formula is C74H112N14O25. The maximum atomic E-state index is 14.3. The van der Waals surface area contributed by atoms with Crippen LogP contribution in [0.2, 0.25) is 0 Å². The highest BCUT2D eigenvalue weighted by atomic mass is 16.4. The van der Waals surface area contributed by atoms with Crippen LogP contribution in [0.15, 0.2) is 48.5 Å². The van der Waals surface area contributed by atoms with Gasteiger partial charge in [-0.15, -0.1) is 0 Å². The maximum Gasteiger partial charge on any atom is 0.320 e. The Balaban J connectivity index is 1.56. The lowest BCUT2D eigenvalue weighted by atomic mass is 9.86. The predicted molar refractivity (Wildman–Crippen MR) is 402 cm³/mol. The number of aromatic hydroxyl groups is 1. The molecule has 2 fully saturated rings. The lowest BCUT2D eigenvalue weighted by molar-refractivity contribution is -0.145. The third kappa shape index (κ3) is 38.3. The van der Waals surface area contributed by atoms with Crippen LogP contribution in [-0.4, -0.2) is 355 Å². The van der Waals surface area contributed by atoms with Gasteiger partial charge < -0.3 is 83.1 Å². The summed E-state index contributed by atoms with van der Waals surface area (Å²) in [6.45, 7) is 1.54. The number of carbonyl (C=O) groups excluding carboxylic acids is 8. The van der Waals surface area contributed by atoms with Gasteiger partial charge in [-0.2, -0.15) is 0 Å². The summed E-state index contributed by atoms with van der Waals surface area (Å²) in [6.07, 6.45) is -2.32. The molecule has 6 amide bonds. The van der Waals surface area contributed by atoms with Crippen LogP contribution < -0.4 is 32.3 Å². The second kappa shape index (κ2) is 50.1. The third-order valence-electron chi connectivity index (χ3n) is 19.7. The lowest BCUT2D eigenvalue weighted by Crippen LogP contribution is -2.52. The standard InChI is InChI=1S/C74H112N14O25/c1-4-48(2)69(80-71(108)54(37-49(3)89)38-50-9-12-55(90)13-10-50)59(91)39-53(11-16-60(75)92)70(107)77-40-51-5-7-52(8-6-51)41-78-72(109)56(79-62(94)18-15-58(74(112)113)88-35-31-85(46-67(103)104)27-23-82(43-64(97)98)24-28-86(32-36-88)47-68(105)106)19-20-76-61(93)17-14-57(73(110)111)87-33-29-83(44-65(99)100)25-21-81(42-63(95)96)22-26-84(30-34-87)45-66(101)102/h5-10,12-13,48,53-54,56-58,69,90H,4,11,14-47H2,1-3H3,(H2,75,92)(H,76,93)(H,77,107)(H,78,109)(H,79,94)(H,80,108)(H,95,96)(H,97,98)(H,99,100)(H,101,102)(H,103,104)(H,105,106)(H,110,111)(H,112,113)/t48?,53-,54+,56+,57+,58+,69+/m1/s1. The Labute approximate surface area is 654 Å². The van der Waals surface area contributed by atoms with Crippen molar-refractivity contribution in [3.63, 3.8) is 0 Å². The molecule has 0 radical (unpaired) electrons. The molecule has 4 rings (SSSR count). The minimum atomic E-state index is -1.45. The number of rotatable bonds is 46. The first kappa shape index (κ1) is 95.2. The monoisotopic (exact) mass is 1600 g/mol. The number of hydrogen-bond acceptors (Lipinski definition) is 25. The van der Waals surface area contributed by atoms with E-state index in [4.69, 9.17) is 5.73 Å². The normalized spacial score (nSPS) is 17.3. The van der Waals surface area contributed by atoms with Gasteiger partial charge in [0, 0.05) is 168 Å². The van der Waals surface area contributed by atoms with Crippen molar-refractivity contribution in [3.8, 4) is 5.75 Å². The minimum absolute atomic E-state index is 0.00771. The van der Waals surface area contributed by atoms with E-state index in [1.54, 1.807) is 43.3 Å². The van der Waals surface area contributed by atoms with Crippen molar-refractivity contribution in [2.24, 2.45) is 23.5 Å². The zero-order chi connectivity index (χ0) is 83.9. The summed E-state index contributed by atoms with van der Waals surface area (Å²) >= 11 is 0. The highest BCUT2D eigenvalue weighted by Gasteiger charge is 2.36. The Morgan fingerprint density at radius 1 is 0.416 bits per heavy atom. The van der Waals surface area contributed by atoms with Gasteiger partial charge in [0.2, 0.25) is 35.4 Å². The molecule has 2 saturated heterocycles. The van der Waals surface area contributed by atoms with Gasteiger partial charge in [-0.1, -0.05) is 56.7 Å². The summed E-state index contributed by atoms with van der Waals surface area (Å²) in [5.41, 5.74) is 7.20. The summed E-state index contributed by atoms with van der Waals surface area (Å²) in [6, 6.07) is 7.25. The molecule has 1 unspecified atom stereocenters. The molecule has 0 aliphatic carbocycles. The first-order valence-corrected chi connectivity index (χ1v) is 37.6. The minimum Gasteiger partial charge on any atom is -0.508 e. The van der Waals surface area contributed by atoms with Crippen molar-refractivity contribution in [1.82, 2.24) is 65.8 Å². The Morgan fingerprint density at radius 3 is 1.13 bits per heavy atom. The summed E-state index contributed by atoms with van der Waals surface area (Å²) in [5.74, 6) is -17.3. The molecule has 2 aromatic rings. The number of carboxylic acids is 8. The van der Waals surface area contributed by atoms with E-state index < -0.39 is 196 Å². The predicted octanol–water partition coefficient (Wildman–Crippen LogP) is -2.76. The van der Waals surface area contributed by atoms with Crippen LogP contribution in [0.1, 0.15) is 102 Å². The summed E-state index contributed by atoms with van der Waals surface area (Å²) in [4.78, 5) is 218. The number of nitrogens with one attached hydrogen (secondary N) is 5. The summed E-state index contributed by atoms with van der Waals surface area (Å²) in [7, 11) is 0. The highest BCUT2D eigenvalue weighted by molar-refractivity contribution is 5.94. The number of phenolic OH excluding ortho intramolecular Hbond substituents is 1. The SMILES string of the molecule is CCC(C)[C@H](NC(=O)[C@@H](CC(C)=O)Cc1ccc(O)cc1)C(=O)C[C@@H](CCC(N)=O)C(=O)NCc1ccc(CNC(=O)[C@H](CCNC(=O)CC[C@@H](C(=O)O)N2CCN(CC(=O)O)CCN(CC(=O)O)CCN(CC(=O)O)CC2)NC(=O)CC[C@@H](C(=O)O)N2CCN(CC(=O)O)CCN(CC(=O)O)CCN(CC(=O)O)CC2)cc1. The van der Waals surface area contributed by atoms with Crippen molar-refractivity contribution in [1.29, 1.82) is 0 Å². The number of nitrogens with two attached hydrogens (primary N) is 1. The number of hydrogen-bond donors (Lipinski definition) is 15. The zero-order valence-corrected chi connectivity index (χ0v) is 64.3. The molecule has 16 N–H and O–H groups in total. The average Bonchev–Trinajstić information content (AvgIpc) is 0.852. The quantitative estimate of drug-likeness (QED) is 0.0319. The summed E-state index contributed by atoms with van der Waals surface area (Å²) in [5, 5.41) is 103. The smallest absolute Gasteiger partial charge is 0.320 e. The largest absolute Gasteiger partial charge is 0.508 e. The fourth-order valence-corrected chi connectivity index (χ4v) is 13.3. The van der Waals surface area contributed by atoms with Crippen LogP contribution in [0.4, 0.5) is 0 Å². The molecule has 0 spiro atoms. The van der Waals surface area contributed by atoms with Crippen molar-refractivity contribution in [2.45, 2.75) is 129 Å². The van der Waals surface area contributed by atoms with Crippen LogP contribution in [0.5, 0.6) is 5.75 Å². The molecule has 2 aliphatic rings. The number of carbonyl (C=O) groups is 16. The molecule has 0 saturated carbocycles. The average molecular weight is 1600 g/mol. The van der Waals surface area contributed by atoms with Gasteiger partial charge in [0.05, 0.1) is 45.3 Å². The molecule has 2 heterocycles. The van der Waals surface area contributed by atoms with Crippen LogP contribution in [0.3, 0.4) is 0 Å². The molecule has 2 aromatic carbocycles. The molecule has 0 bridgehead atoms. The molecule has 0 aromatic heterocycles. The van der Waals surface area contributed by atoms with Crippen molar-refractivity contribution in [2.75, 3.05) is 151 Å². The first-order valence-electron chi connectivity index (χ1n) is 37.6. The van der Waals surface area contributed by atoms with Crippen molar-refractivity contribution in [3.05, 3.63) is 65.2 Å². The number of primary amides is 1. The van der Waals surface area contributed by atoms with Crippen LogP contribution >= 0.6 is 0 Å². The van der Waals surface area contributed by atoms with E-state index in [1.807, 2.05) is 6.92 Å². The van der Waals surface area contributed by atoms with Gasteiger partial charge in [-0.25, -0.2) is 0 Å². The number of carboxylic acid groups (broad SMARTS) is 8. The Hall–Kier alpha value is -10.2. The Bertz CT molecular complexity index is 3470. The molecule has 7 atom stereocenters. The van der Waals surface area contributed by atoms with E-state index in [0.29, 0.717) is 23.1 Å². The fraction of sp³-hybridized carbons (Fsp3) is 0.622. The number of benzene rings is 2. The number of ketones is 2. The molecular weight excluding hydrogens is 1480 g/mol. The second-order valence-electron chi connectivity index (χ2n) is 28.6. The van der Waals surface area contributed by atoms with E-state index >= 15 is 0 Å².